The van der Waals surface area contributed by atoms with Crippen LogP contribution in [0.5, 0.6) is 0 Å². The average molecular weight is 347 g/mol. The second-order valence-electron chi connectivity index (χ2n) is 7.12. The topological polar surface area (TPSA) is 0 Å². The van der Waals surface area contributed by atoms with E-state index >= 15 is 0 Å². The normalized spacial score (nSPS) is 30.5. The molecule has 1 saturated carbocycles. The Hall–Kier alpha value is 0.170. The summed E-state index contributed by atoms with van der Waals surface area (Å²) in [4.78, 5) is 0. The number of quaternary nitrogens is 1. The van der Waals surface area contributed by atoms with Crippen LogP contribution in [0.25, 0.3) is 0 Å². The van der Waals surface area contributed by atoms with Gasteiger partial charge in [0, 0.05) is 0 Å². The Bertz CT molecular complexity index is 333. The Morgan fingerprint density at radius 3 is 2.47 bits per heavy atom. The molecule has 0 amide bonds. The van der Waals surface area contributed by atoms with E-state index in [1.165, 1.54) is 12.8 Å². The number of likely N-dealkylation sites (N-methyl/N-ethyl adjacent to an activating group) is 1. The Labute approximate surface area is 124 Å². The van der Waals surface area contributed by atoms with Crippen molar-refractivity contribution < 1.29 is 28.5 Å². The predicted octanol–water partition coefficient (Wildman–Crippen LogP) is 0.245. The molecule has 2 atom stereocenters. The molecule has 2 heteroatoms. The van der Waals surface area contributed by atoms with Crippen molar-refractivity contribution in [3.8, 4) is 0 Å². The van der Waals surface area contributed by atoms with Gasteiger partial charge < -0.3 is 28.5 Å². The van der Waals surface area contributed by atoms with Crippen molar-refractivity contribution in [1.29, 1.82) is 0 Å². The summed E-state index contributed by atoms with van der Waals surface area (Å²) in [6.07, 6.45) is 9.92. The third kappa shape index (κ3) is 3.14. The van der Waals surface area contributed by atoms with Crippen molar-refractivity contribution in [2.24, 2.45) is 17.3 Å². The van der Waals surface area contributed by atoms with E-state index in [0.717, 1.165) is 22.9 Å². The van der Waals surface area contributed by atoms with Crippen molar-refractivity contribution in [2.75, 3.05) is 27.7 Å². The number of halogens is 1. The van der Waals surface area contributed by atoms with Crippen LogP contribution >= 0.6 is 0 Å². The average Bonchev–Trinajstić information content (AvgIpc) is 2.15. The SMILES string of the molecule is CC1(C)C2CC=C(C=CC[N+](C)(C)C)C1C2.[I-]. The fourth-order valence-electron chi connectivity index (χ4n) is 3.09. The summed E-state index contributed by atoms with van der Waals surface area (Å²) in [5.41, 5.74) is 2.16. The van der Waals surface area contributed by atoms with E-state index in [2.05, 4.69) is 53.2 Å². The second kappa shape index (κ2) is 5.04. The largest absolute Gasteiger partial charge is 1.00 e. The summed E-state index contributed by atoms with van der Waals surface area (Å²) in [7, 11) is 6.72. The van der Waals surface area contributed by atoms with Gasteiger partial charge in [0.1, 0.15) is 0 Å². The molecule has 0 aromatic heterocycles. The molecule has 0 heterocycles. The molecule has 0 aromatic carbocycles. The lowest BCUT2D eigenvalue weighted by molar-refractivity contribution is -0.864. The minimum atomic E-state index is 0. The van der Waals surface area contributed by atoms with Crippen LogP contribution in [-0.2, 0) is 0 Å². The summed E-state index contributed by atoms with van der Waals surface area (Å²) in [6.45, 7) is 5.99. The number of nitrogens with zero attached hydrogens (tertiary/aromatic N) is 1. The third-order valence-electron chi connectivity index (χ3n) is 4.47. The van der Waals surface area contributed by atoms with Crippen LogP contribution in [0.1, 0.15) is 26.7 Å². The summed E-state index contributed by atoms with van der Waals surface area (Å²) in [6, 6.07) is 0. The smallest absolute Gasteiger partial charge is 0.0970 e. The van der Waals surface area contributed by atoms with Gasteiger partial charge in [-0.3, -0.25) is 0 Å². The minimum absolute atomic E-state index is 0. The summed E-state index contributed by atoms with van der Waals surface area (Å²) in [5.74, 6) is 1.78. The Morgan fingerprint density at radius 1 is 1.35 bits per heavy atom. The molecule has 0 radical (unpaired) electrons. The molecule has 3 aliphatic rings. The van der Waals surface area contributed by atoms with Gasteiger partial charge in [0.2, 0.25) is 0 Å². The fourth-order valence-corrected chi connectivity index (χ4v) is 3.09. The molecular weight excluding hydrogens is 321 g/mol. The van der Waals surface area contributed by atoms with Gasteiger partial charge in [-0.15, -0.1) is 0 Å². The predicted molar refractivity (Wildman–Crippen MR) is 70.1 cm³/mol. The first-order valence-electron chi connectivity index (χ1n) is 6.48. The summed E-state index contributed by atoms with van der Waals surface area (Å²) >= 11 is 0. The zero-order valence-electron chi connectivity index (χ0n) is 11.8. The van der Waals surface area contributed by atoms with Gasteiger partial charge in [0.05, 0.1) is 27.7 Å². The van der Waals surface area contributed by atoms with Crippen LogP contribution in [0.2, 0.25) is 0 Å². The molecule has 0 saturated heterocycles. The van der Waals surface area contributed by atoms with Crippen LogP contribution in [0, 0.1) is 17.3 Å². The molecule has 2 bridgehead atoms. The zero-order chi connectivity index (χ0) is 12.0. The van der Waals surface area contributed by atoms with Gasteiger partial charge in [-0.2, -0.15) is 0 Å². The number of hydrogen-bond acceptors (Lipinski definition) is 0. The van der Waals surface area contributed by atoms with E-state index in [1.54, 1.807) is 5.57 Å². The molecule has 2 unspecified atom stereocenters. The Balaban J connectivity index is 0.00000144. The minimum Gasteiger partial charge on any atom is -1.00 e. The van der Waals surface area contributed by atoms with Gasteiger partial charge >= 0.3 is 0 Å². The fraction of sp³-hybridized carbons (Fsp3) is 0.733. The van der Waals surface area contributed by atoms with Crippen molar-refractivity contribution in [3.05, 3.63) is 23.8 Å². The molecule has 1 nitrogen and oxygen atoms in total. The Kier molecular flexibility index (Phi) is 4.52. The van der Waals surface area contributed by atoms with Crippen molar-refractivity contribution in [2.45, 2.75) is 26.7 Å². The maximum Gasteiger partial charge on any atom is 0.0970 e. The first-order valence-corrected chi connectivity index (χ1v) is 6.48. The molecule has 0 aliphatic heterocycles. The maximum atomic E-state index is 2.47. The van der Waals surface area contributed by atoms with Crippen LogP contribution in [-0.4, -0.2) is 32.2 Å². The van der Waals surface area contributed by atoms with Crippen molar-refractivity contribution in [3.63, 3.8) is 0 Å². The molecule has 0 aromatic rings. The number of rotatable bonds is 3. The van der Waals surface area contributed by atoms with Gasteiger partial charge in [0.15, 0.2) is 0 Å². The standard InChI is InChI=1S/C15H26N.HI/c1-15(2)13-9-8-12(14(15)11-13)7-6-10-16(3,4)5;/h6-8,13-14H,9-11H2,1-5H3;1H/q+1;/p-1. The van der Waals surface area contributed by atoms with Crippen molar-refractivity contribution in [1.82, 2.24) is 0 Å². The number of hydrogen-bond donors (Lipinski definition) is 0. The van der Waals surface area contributed by atoms with Crippen LogP contribution in [0.4, 0.5) is 0 Å². The van der Waals surface area contributed by atoms with Gasteiger partial charge in [-0.25, -0.2) is 0 Å². The van der Waals surface area contributed by atoms with Gasteiger partial charge in [-0.05, 0) is 41.7 Å². The highest BCUT2D eigenvalue weighted by atomic mass is 127. The molecule has 1 fully saturated rings. The third-order valence-corrected chi connectivity index (χ3v) is 4.47. The summed E-state index contributed by atoms with van der Waals surface area (Å²) in [5, 5.41) is 0. The monoisotopic (exact) mass is 347 g/mol. The first-order chi connectivity index (χ1) is 7.31. The molecule has 3 aliphatic carbocycles. The van der Waals surface area contributed by atoms with Crippen LogP contribution in [0.15, 0.2) is 23.8 Å². The van der Waals surface area contributed by atoms with E-state index in [0.29, 0.717) is 5.41 Å². The van der Waals surface area contributed by atoms with E-state index in [-0.39, 0.29) is 24.0 Å². The lowest BCUT2D eigenvalue weighted by Gasteiger charge is -2.56. The van der Waals surface area contributed by atoms with E-state index in [9.17, 15) is 0 Å². The first kappa shape index (κ1) is 15.2. The van der Waals surface area contributed by atoms with Crippen molar-refractivity contribution >= 4 is 0 Å². The number of allylic oxidation sites excluding steroid dienone is 3. The van der Waals surface area contributed by atoms with E-state index < -0.39 is 0 Å². The van der Waals surface area contributed by atoms with Gasteiger partial charge in [-0.1, -0.05) is 26.0 Å². The molecule has 0 spiro atoms. The highest BCUT2D eigenvalue weighted by Crippen LogP contribution is 2.59. The van der Waals surface area contributed by atoms with Crippen LogP contribution < -0.4 is 24.0 Å². The quantitative estimate of drug-likeness (QED) is 0.507. The Morgan fingerprint density at radius 2 is 2.00 bits per heavy atom. The van der Waals surface area contributed by atoms with E-state index in [1.807, 2.05) is 0 Å². The second-order valence-corrected chi connectivity index (χ2v) is 7.12. The summed E-state index contributed by atoms with van der Waals surface area (Å²) < 4.78 is 1.01. The van der Waals surface area contributed by atoms with Crippen LogP contribution in [0.3, 0.4) is 0 Å². The number of fused-ring (bicyclic) bond motifs is 1. The molecule has 17 heavy (non-hydrogen) atoms. The van der Waals surface area contributed by atoms with E-state index in [4.69, 9.17) is 0 Å². The van der Waals surface area contributed by atoms with Gasteiger partial charge in [0.25, 0.3) is 0 Å². The zero-order valence-corrected chi connectivity index (χ0v) is 14.0. The maximum absolute atomic E-state index is 2.47. The molecule has 3 rings (SSSR count). The highest BCUT2D eigenvalue weighted by molar-refractivity contribution is 5.31. The molecular formula is C15H26IN. The highest BCUT2D eigenvalue weighted by Gasteiger charge is 2.50. The lowest BCUT2D eigenvalue weighted by Crippen LogP contribution is -3.00. The lowest BCUT2D eigenvalue weighted by atomic mass is 9.49. The molecule has 0 N–H and O–H groups in total. The molecule has 98 valence electrons.